The molecule has 9 nitrogen and oxygen atoms in total. The summed E-state index contributed by atoms with van der Waals surface area (Å²) in [6, 6.07) is 7.73. The van der Waals surface area contributed by atoms with Crippen molar-refractivity contribution >= 4 is 29.3 Å². The maximum atomic E-state index is 13.7. The molecule has 1 fully saturated rings. The second kappa shape index (κ2) is 15.9. The molecule has 0 aromatic heterocycles. The Labute approximate surface area is 236 Å². The Morgan fingerprint density at radius 2 is 1.73 bits per heavy atom. The van der Waals surface area contributed by atoms with Crippen molar-refractivity contribution in [2.24, 2.45) is 11.8 Å². The normalized spacial score (nSPS) is 26.3. The van der Waals surface area contributed by atoms with Crippen LogP contribution in [0.4, 0.5) is 0 Å². The lowest BCUT2D eigenvalue weighted by Gasteiger charge is -2.35. The molecule has 0 unspecified atom stereocenters. The Hall–Kier alpha value is -3.59. The predicted octanol–water partition coefficient (Wildman–Crippen LogP) is 3.69. The Morgan fingerprint density at radius 1 is 1.00 bits per heavy atom. The van der Waals surface area contributed by atoms with Gasteiger partial charge in [-0.2, -0.15) is 0 Å². The Bertz CT molecular complexity index is 1100. The number of esters is 1. The summed E-state index contributed by atoms with van der Waals surface area (Å²) in [6.07, 6.45) is 12.1. The van der Waals surface area contributed by atoms with Gasteiger partial charge in [-0.15, -0.1) is 0 Å². The van der Waals surface area contributed by atoms with Gasteiger partial charge in [-0.25, -0.2) is 5.43 Å². The quantitative estimate of drug-likeness (QED) is 0.493. The van der Waals surface area contributed by atoms with Gasteiger partial charge in [0.2, 0.25) is 5.91 Å². The number of ketones is 1. The van der Waals surface area contributed by atoms with Crippen LogP contribution in [-0.2, 0) is 30.3 Å². The summed E-state index contributed by atoms with van der Waals surface area (Å²) in [6.45, 7) is 4.21. The van der Waals surface area contributed by atoms with E-state index in [0.717, 1.165) is 18.4 Å². The van der Waals surface area contributed by atoms with E-state index in [4.69, 9.17) is 10.1 Å². The fraction of sp³-hybridized carbons (Fsp3) is 0.516. The molecule has 216 valence electrons. The number of benzene rings is 1. The molecule has 9 heteroatoms. The molecule has 2 aliphatic heterocycles. The van der Waals surface area contributed by atoms with Crippen molar-refractivity contribution in [1.82, 2.24) is 15.8 Å². The fourth-order valence-corrected chi connectivity index (χ4v) is 4.92. The molecule has 3 rings (SSSR count). The summed E-state index contributed by atoms with van der Waals surface area (Å²) in [4.78, 5) is 52.9. The first-order valence-corrected chi connectivity index (χ1v) is 14.3. The molecule has 0 aliphatic carbocycles. The van der Waals surface area contributed by atoms with Crippen molar-refractivity contribution in [2.45, 2.75) is 77.3 Å². The number of carbonyl (C=O) groups excluding carboxylic acids is 4. The van der Waals surface area contributed by atoms with Crippen LogP contribution in [0.25, 0.3) is 0 Å². The van der Waals surface area contributed by atoms with E-state index < -0.39 is 29.9 Å². The number of ether oxygens (including phenoxy) is 1. The van der Waals surface area contributed by atoms with E-state index in [9.17, 15) is 19.2 Å². The maximum absolute atomic E-state index is 13.7. The number of fused-ring (bicyclic) bond motifs is 2. The Morgan fingerprint density at radius 3 is 2.45 bits per heavy atom. The third-order valence-electron chi connectivity index (χ3n) is 7.13. The minimum atomic E-state index is -0.974. The minimum absolute atomic E-state index is 0.204. The fourth-order valence-electron chi connectivity index (χ4n) is 4.92. The smallest absolute Gasteiger partial charge is 0.324 e. The molecule has 3 atom stereocenters. The van der Waals surface area contributed by atoms with E-state index in [0.29, 0.717) is 32.2 Å². The summed E-state index contributed by atoms with van der Waals surface area (Å²) in [5.41, 5.74) is 3.63. The molecular weight excluding hydrogens is 508 g/mol. The van der Waals surface area contributed by atoms with Gasteiger partial charge in [0.15, 0.2) is 5.78 Å². The average molecular weight is 551 g/mol. The topological polar surface area (TPSA) is 129 Å². The van der Waals surface area contributed by atoms with Gasteiger partial charge in [0, 0.05) is 19.4 Å². The standard InChI is InChI=1S/C31H42N4O5/c1-22(2)27-28(32)26(36)18-12-7-5-3-4-6-8-13-20-40-31(39)24-17-14-19-35(34-24)30(38)25(33-29(27)37)21-23-15-10-9-11-16-23/h3-4,6,8-11,15-16,22,24-25,27,32,34H,5,7,12-14,17-21H2,1-2H3,(H,33,37)/b4-3+,8-6+,32-28?/t24-,25-,27+/m0/s1. The second-order valence-electron chi connectivity index (χ2n) is 10.7. The van der Waals surface area contributed by atoms with Crippen LogP contribution in [0.5, 0.6) is 0 Å². The van der Waals surface area contributed by atoms with Crippen LogP contribution in [0.1, 0.15) is 64.4 Å². The van der Waals surface area contributed by atoms with Crippen LogP contribution in [0.15, 0.2) is 54.6 Å². The zero-order chi connectivity index (χ0) is 28.9. The van der Waals surface area contributed by atoms with Gasteiger partial charge in [-0.05, 0) is 50.0 Å². The van der Waals surface area contributed by atoms with Crippen LogP contribution in [-0.4, -0.2) is 59.5 Å². The average Bonchev–Trinajstić information content (AvgIpc) is 2.94. The third-order valence-corrected chi connectivity index (χ3v) is 7.13. The third kappa shape index (κ3) is 9.26. The van der Waals surface area contributed by atoms with E-state index in [2.05, 4.69) is 10.7 Å². The summed E-state index contributed by atoms with van der Waals surface area (Å²) in [7, 11) is 0. The van der Waals surface area contributed by atoms with Crippen molar-refractivity contribution < 1.29 is 23.9 Å². The lowest BCUT2D eigenvalue weighted by molar-refractivity contribution is -0.153. The number of allylic oxidation sites excluding steroid dienone is 3. The highest BCUT2D eigenvalue weighted by molar-refractivity contribution is 6.42. The number of cyclic esters (lactones) is 1. The first kappa shape index (κ1) is 30.9. The van der Waals surface area contributed by atoms with Crippen molar-refractivity contribution in [3.05, 3.63) is 60.2 Å². The molecule has 0 radical (unpaired) electrons. The second-order valence-corrected chi connectivity index (χ2v) is 10.7. The molecule has 0 spiro atoms. The number of hydrogen-bond donors (Lipinski definition) is 3. The van der Waals surface area contributed by atoms with Crippen molar-refractivity contribution in [1.29, 1.82) is 5.41 Å². The van der Waals surface area contributed by atoms with E-state index in [1.807, 2.05) is 54.6 Å². The van der Waals surface area contributed by atoms with Crippen LogP contribution in [0.2, 0.25) is 0 Å². The van der Waals surface area contributed by atoms with Gasteiger partial charge in [0.25, 0.3) is 5.91 Å². The molecule has 1 aromatic rings. The summed E-state index contributed by atoms with van der Waals surface area (Å²) >= 11 is 0. The number of hydrogen-bond acceptors (Lipinski definition) is 7. The van der Waals surface area contributed by atoms with Gasteiger partial charge in [0.05, 0.1) is 18.2 Å². The highest BCUT2D eigenvalue weighted by Crippen LogP contribution is 2.18. The molecule has 3 N–H and O–H groups in total. The van der Waals surface area contributed by atoms with Crippen molar-refractivity contribution in [3.8, 4) is 0 Å². The van der Waals surface area contributed by atoms with Gasteiger partial charge in [-0.3, -0.25) is 24.2 Å². The molecule has 1 aromatic carbocycles. The predicted molar refractivity (Wildman–Crippen MR) is 153 cm³/mol. The number of nitrogens with one attached hydrogen (secondary N) is 3. The zero-order valence-corrected chi connectivity index (χ0v) is 23.6. The molecule has 0 saturated carbocycles. The maximum Gasteiger partial charge on any atom is 0.324 e. The first-order chi connectivity index (χ1) is 19.3. The highest BCUT2D eigenvalue weighted by atomic mass is 16.5. The summed E-state index contributed by atoms with van der Waals surface area (Å²) < 4.78 is 5.44. The summed E-state index contributed by atoms with van der Waals surface area (Å²) in [5.74, 6) is -2.95. The Balaban J connectivity index is 1.86. The molecule has 40 heavy (non-hydrogen) atoms. The minimum Gasteiger partial charge on any atom is -0.464 e. The number of amides is 2. The largest absolute Gasteiger partial charge is 0.464 e. The van der Waals surface area contributed by atoms with Gasteiger partial charge >= 0.3 is 5.97 Å². The Kier molecular flexibility index (Phi) is 12.3. The van der Waals surface area contributed by atoms with Gasteiger partial charge in [-0.1, -0.05) is 68.5 Å². The molecule has 2 amide bonds. The lowest BCUT2D eigenvalue weighted by Crippen LogP contribution is -2.61. The first-order valence-electron chi connectivity index (χ1n) is 14.3. The van der Waals surface area contributed by atoms with E-state index in [-0.39, 0.29) is 42.8 Å². The van der Waals surface area contributed by atoms with E-state index in [1.165, 1.54) is 5.01 Å². The molecular formula is C31H42N4O5. The van der Waals surface area contributed by atoms with Crippen molar-refractivity contribution in [2.75, 3.05) is 13.2 Å². The zero-order valence-electron chi connectivity index (χ0n) is 23.6. The molecule has 1 saturated heterocycles. The van der Waals surface area contributed by atoms with Gasteiger partial charge < -0.3 is 15.5 Å². The number of hydrazine groups is 1. The molecule has 2 bridgehead atoms. The van der Waals surface area contributed by atoms with Gasteiger partial charge in [0.1, 0.15) is 12.1 Å². The SMILES string of the molecule is CC(C)[C@@H]1C(=N)C(=O)CCCC/C=C/C=C/CCOC(=O)[C@@H]2CCCN(N2)C(=O)[C@H](Cc2ccccc2)NC1=O. The van der Waals surface area contributed by atoms with Crippen LogP contribution < -0.4 is 10.7 Å². The number of nitrogens with zero attached hydrogens (tertiary/aromatic N) is 1. The van der Waals surface area contributed by atoms with Crippen molar-refractivity contribution in [3.63, 3.8) is 0 Å². The van der Waals surface area contributed by atoms with Crippen LogP contribution in [0, 0.1) is 17.2 Å². The van der Waals surface area contributed by atoms with Crippen LogP contribution >= 0.6 is 0 Å². The van der Waals surface area contributed by atoms with E-state index in [1.54, 1.807) is 13.8 Å². The van der Waals surface area contributed by atoms with Crippen LogP contribution in [0.3, 0.4) is 0 Å². The number of carbonyl (C=O) groups is 4. The molecule has 2 heterocycles. The monoisotopic (exact) mass is 550 g/mol. The summed E-state index contributed by atoms with van der Waals surface area (Å²) in [5, 5.41) is 12.8. The number of Topliss-reactive ketones (excluding diaryl/α,β-unsaturated/α-hetero) is 1. The van der Waals surface area contributed by atoms with E-state index >= 15 is 0 Å². The number of rotatable bonds is 3. The molecule has 2 aliphatic rings. The highest BCUT2D eigenvalue weighted by Gasteiger charge is 2.36. The lowest BCUT2D eigenvalue weighted by atomic mass is 9.86.